The summed E-state index contributed by atoms with van der Waals surface area (Å²) in [4.78, 5) is 13.6. The molecule has 1 aliphatic rings. The van der Waals surface area contributed by atoms with Gasteiger partial charge in [0.05, 0.1) is 5.02 Å². The Bertz CT molecular complexity index is 723. The fourth-order valence-corrected chi connectivity index (χ4v) is 4.25. The summed E-state index contributed by atoms with van der Waals surface area (Å²) in [6, 6.07) is 4.30. The smallest absolute Gasteiger partial charge is 0.410 e. The molecule has 0 spiro atoms. The lowest BCUT2D eigenvalue weighted by Crippen LogP contribution is -2.51. The number of sulfonamides is 1. The molecule has 1 amide bonds. The molecule has 7 nitrogen and oxygen atoms in total. The minimum atomic E-state index is -3.73. The molecule has 0 unspecified atom stereocenters. The molecule has 0 saturated carbocycles. The lowest BCUT2D eigenvalue weighted by molar-refractivity contribution is 0.0192. The van der Waals surface area contributed by atoms with Crippen LogP contribution in [0.3, 0.4) is 0 Å². The van der Waals surface area contributed by atoms with Crippen molar-refractivity contribution in [2.24, 2.45) is 0 Å². The Morgan fingerprint density at radius 3 is 2.29 bits per heavy atom. The number of piperazine rings is 1. The number of nitrogens with zero attached hydrogens (tertiary/aromatic N) is 2. The fraction of sp³-hybridized carbons (Fsp3) is 0.533. The van der Waals surface area contributed by atoms with Crippen LogP contribution in [0.5, 0.6) is 0 Å². The molecule has 1 fully saturated rings. The minimum absolute atomic E-state index is 0.0177. The zero-order valence-corrected chi connectivity index (χ0v) is 15.5. The summed E-state index contributed by atoms with van der Waals surface area (Å²) >= 11 is 6.01. The first kappa shape index (κ1) is 18.8. The van der Waals surface area contributed by atoms with Gasteiger partial charge in [-0.3, -0.25) is 0 Å². The Morgan fingerprint density at radius 1 is 1.21 bits per heavy atom. The van der Waals surface area contributed by atoms with Crippen molar-refractivity contribution in [2.45, 2.75) is 31.3 Å². The third kappa shape index (κ3) is 4.31. The van der Waals surface area contributed by atoms with Gasteiger partial charge in [-0.05, 0) is 39.0 Å². The molecule has 1 aromatic rings. The molecular formula is C15H22ClN3O4S. The summed E-state index contributed by atoms with van der Waals surface area (Å²) in [5, 5.41) is 0.0876. The van der Waals surface area contributed by atoms with Gasteiger partial charge < -0.3 is 15.4 Å². The van der Waals surface area contributed by atoms with Crippen LogP contribution in [0, 0.1) is 0 Å². The van der Waals surface area contributed by atoms with E-state index in [4.69, 9.17) is 22.1 Å². The van der Waals surface area contributed by atoms with Crippen molar-refractivity contribution in [1.29, 1.82) is 0 Å². The highest BCUT2D eigenvalue weighted by Gasteiger charge is 2.32. The van der Waals surface area contributed by atoms with Crippen molar-refractivity contribution in [2.75, 3.05) is 31.9 Å². The third-order valence-corrected chi connectivity index (χ3v) is 5.85. The van der Waals surface area contributed by atoms with Gasteiger partial charge >= 0.3 is 6.09 Å². The number of hydrogen-bond donors (Lipinski definition) is 1. The molecule has 1 heterocycles. The molecule has 24 heavy (non-hydrogen) atoms. The van der Waals surface area contributed by atoms with Gasteiger partial charge in [0.1, 0.15) is 10.5 Å². The second kappa shape index (κ2) is 6.78. The summed E-state index contributed by atoms with van der Waals surface area (Å²) in [6.45, 7) is 6.25. The summed E-state index contributed by atoms with van der Waals surface area (Å²) in [5.41, 5.74) is 5.41. The zero-order valence-electron chi connectivity index (χ0n) is 14.0. The Hall–Kier alpha value is -1.51. The van der Waals surface area contributed by atoms with Gasteiger partial charge in [0.15, 0.2) is 0 Å². The molecular weight excluding hydrogens is 354 g/mol. The second-order valence-corrected chi connectivity index (χ2v) is 8.87. The number of nitrogen functional groups attached to an aromatic ring is 1. The monoisotopic (exact) mass is 375 g/mol. The van der Waals surface area contributed by atoms with Gasteiger partial charge in [-0.25, -0.2) is 13.2 Å². The third-order valence-electron chi connectivity index (χ3n) is 3.46. The van der Waals surface area contributed by atoms with Gasteiger partial charge in [0.2, 0.25) is 10.0 Å². The van der Waals surface area contributed by atoms with Crippen LogP contribution in [0.4, 0.5) is 10.5 Å². The van der Waals surface area contributed by atoms with Crippen LogP contribution in [0.15, 0.2) is 23.1 Å². The first-order valence-electron chi connectivity index (χ1n) is 7.54. The van der Waals surface area contributed by atoms with E-state index in [1.807, 2.05) is 0 Å². The van der Waals surface area contributed by atoms with E-state index in [9.17, 15) is 13.2 Å². The molecule has 0 radical (unpaired) electrons. The van der Waals surface area contributed by atoms with Gasteiger partial charge in [-0.15, -0.1) is 0 Å². The van der Waals surface area contributed by atoms with E-state index in [0.717, 1.165) is 0 Å². The summed E-state index contributed by atoms with van der Waals surface area (Å²) in [5.74, 6) is 0. The Kier molecular flexibility index (Phi) is 5.31. The van der Waals surface area contributed by atoms with Crippen LogP contribution in [0.2, 0.25) is 5.02 Å². The molecule has 2 rings (SSSR count). The number of carbonyl (C=O) groups excluding carboxylic acids is 1. The highest BCUT2D eigenvalue weighted by Crippen LogP contribution is 2.27. The van der Waals surface area contributed by atoms with Crippen LogP contribution in [-0.2, 0) is 14.8 Å². The Morgan fingerprint density at radius 2 is 1.79 bits per heavy atom. The molecule has 1 aromatic carbocycles. The highest BCUT2D eigenvalue weighted by atomic mass is 35.5. The molecule has 2 N–H and O–H groups in total. The number of amides is 1. The lowest BCUT2D eigenvalue weighted by atomic mass is 10.2. The van der Waals surface area contributed by atoms with Gasteiger partial charge in [0.25, 0.3) is 0 Å². The maximum absolute atomic E-state index is 12.7. The minimum Gasteiger partial charge on any atom is -0.444 e. The van der Waals surface area contributed by atoms with Crippen molar-refractivity contribution in [1.82, 2.24) is 9.21 Å². The standard InChI is InChI=1S/C15H22ClN3O4S/c1-15(2,3)23-14(20)18-6-8-19(9-7-18)24(21,22)13-5-4-11(17)10-12(13)16/h4-5,10H,6-9,17H2,1-3H3. The number of carbonyl (C=O) groups is 1. The zero-order chi connectivity index (χ0) is 18.1. The van der Waals surface area contributed by atoms with Crippen molar-refractivity contribution in [3.05, 3.63) is 23.2 Å². The molecule has 134 valence electrons. The molecule has 1 saturated heterocycles. The van der Waals surface area contributed by atoms with E-state index in [1.54, 1.807) is 20.8 Å². The first-order chi connectivity index (χ1) is 11.0. The molecule has 0 aromatic heterocycles. The maximum Gasteiger partial charge on any atom is 0.410 e. The lowest BCUT2D eigenvalue weighted by Gasteiger charge is -2.35. The van der Waals surface area contributed by atoms with E-state index in [-0.39, 0.29) is 36.1 Å². The van der Waals surface area contributed by atoms with E-state index < -0.39 is 21.7 Å². The van der Waals surface area contributed by atoms with Crippen LogP contribution in [-0.4, -0.2) is 55.5 Å². The van der Waals surface area contributed by atoms with E-state index in [1.165, 1.54) is 27.4 Å². The van der Waals surface area contributed by atoms with Crippen molar-refractivity contribution < 1.29 is 17.9 Å². The van der Waals surface area contributed by atoms with E-state index in [0.29, 0.717) is 5.69 Å². The molecule has 0 bridgehead atoms. The number of anilines is 1. The molecule has 1 aliphatic heterocycles. The number of halogens is 1. The topological polar surface area (TPSA) is 92.9 Å². The number of hydrogen-bond acceptors (Lipinski definition) is 5. The van der Waals surface area contributed by atoms with Crippen LogP contribution in [0.25, 0.3) is 0 Å². The fourth-order valence-electron chi connectivity index (χ4n) is 2.30. The largest absolute Gasteiger partial charge is 0.444 e. The predicted molar refractivity (Wildman–Crippen MR) is 92.4 cm³/mol. The first-order valence-corrected chi connectivity index (χ1v) is 9.35. The van der Waals surface area contributed by atoms with Gasteiger partial charge in [-0.1, -0.05) is 11.6 Å². The van der Waals surface area contributed by atoms with E-state index in [2.05, 4.69) is 0 Å². The van der Waals surface area contributed by atoms with Crippen LogP contribution >= 0.6 is 11.6 Å². The van der Waals surface area contributed by atoms with Crippen molar-refractivity contribution >= 4 is 33.4 Å². The van der Waals surface area contributed by atoms with Crippen LogP contribution in [0.1, 0.15) is 20.8 Å². The number of ether oxygens (including phenoxy) is 1. The summed E-state index contributed by atoms with van der Waals surface area (Å²) < 4.78 is 32.0. The Labute approximate surface area is 147 Å². The van der Waals surface area contributed by atoms with E-state index >= 15 is 0 Å². The number of benzene rings is 1. The second-order valence-electron chi connectivity index (χ2n) is 6.56. The molecule has 0 atom stereocenters. The Balaban J connectivity index is 2.07. The average Bonchev–Trinajstić information content (AvgIpc) is 2.45. The predicted octanol–water partition coefficient (Wildman–Crippen LogP) is 2.16. The molecule has 0 aliphatic carbocycles. The average molecular weight is 376 g/mol. The van der Waals surface area contributed by atoms with Crippen LogP contribution < -0.4 is 5.73 Å². The van der Waals surface area contributed by atoms with Gasteiger partial charge in [-0.2, -0.15) is 4.31 Å². The highest BCUT2D eigenvalue weighted by molar-refractivity contribution is 7.89. The quantitative estimate of drug-likeness (QED) is 0.799. The van der Waals surface area contributed by atoms with Gasteiger partial charge in [0, 0.05) is 31.9 Å². The molecule has 9 heteroatoms. The number of rotatable bonds is 2. The SMILES string of the molecule is CC(C)(C)OC(=O)N1CCN(S(=O)(=O)c2ccc(N)cc2Cl)CC1. The van der Waals surface area contributed by atoms with Crippen molar-refractivity contribution in [3.63, 3.8) is 0 Å². The van der Waals surface area contributed by atoms with Crippen molar-refractivity contribution in [3.8, 4) is 0 Å². The normalized spacial score (nSPS) is 16.9. The number of nitrogens with two attached hydrogens (primary N) is 1. The summed E-state index contributed by atoms with van der Waals surface area (Å²) in [7, 11) is -3.73. The summed E-state index contributed by atoms with van der Waals surface area (Å²) in [6.07, 6.45) is -0.440. The maximum atomic E-state index is 12.7.